The molecule has 4 aliphatic rings. The smallest absolute Gasteiger partial charge is 0.543 e. The first kappa shape index (κ1) is 75.6. The van der Waals surface area contributed by atoms with E-state index in [1.54, 1.807) is 0 Å². The zero-order valence-electron chi connectivity index (χ0n) is 49.2. The topological polar surface area (TPSA) is 585 Å². The van der Waals surface area contributed by atoms with Gasteiger partial charge in [0, 0.05) is 60.0 Å². The number of amides is 4. The summed E-state index contributed by atoms with van der Waals surface area (Å²) in [6, 6.07) is 3.08. The van der Waals surface area contributed by atoms with Crippen molar-refractivity contribution in [3.8, 4) is 23.0 Å². The third kappa shape index (κ3) is 16.6. The van der Waals surface area contributed by atoms with E-state index in [9.17, 15) is 95.4 Å². The van der Waals surface area contributed by atoms with Gasteiger partial charge in [0.15, 0.2) is 55.0 Å². The maximum Gasteiger partial charge on any atom is 1.00 e. The fraction of sp³-hybridized carbons (Fsp3) is 0.250. The van der Waals surface area contributed by atoms with Crippen molar-refractivity contribution in [3.05, 3.63) is 123 Å². The van der Waals surface area contributed by atoms with Gasteiger partial charge in [-0.25, -0.2) is 26.8 Å². The minimum atomic E-state index is -4.23. The van der Waals surface area contributed by atoms with Gasteiger partial charge in [-0.2, -0.15) is 9.97 Å². The molecule has 4 amide bonds. The summed E-state index contributed by atoms with van der Waals surface area (Å²) < 4.78 is 52.9. The SMILES string of the molecule is Cn1[nH]c(=O)c(=O)nc1SCC1=C(C(=O)[O-])N2C(=O)[C@@H](NC(=O)/C(=N/OCS(=O)(=O)c3ccc(O)c(O)c3)c3csc(N)n3)[C@H]2SC1.Cn1[nH]c(=O)c(=O)nc1SCC1=C(C(=O)[O-])N2C(=O)[C@@H](NC(=O)/C(=N/OCS(=O)(=O)c3ccc(O)c(O)c3)c3csc(N)n3)[C@H]2SC1.[Na+].[Na+]. The van der Waals surface area contributed by atoms with Gasteiger partial charge in [-0.05, 0) is 35.4 Å². The molecule has 10 rings (SSSR count). The zero-order valence-corrected chi connectivity index (χ0v) is 59.7. The standard InChI is InChI=1S/2C24H22N8O11S4.2Na/c2*1-31-24(28-18(36)19(37)29-31)46-6-9-5-44-21-15(20(38)32(21)16(9)22(39)40)27-17(35)14(11-7-45-23(25)26-11)30-43-8-47(41,42)10-2-3-12(33)13(34)4-10;;/h2*2-4,7,15,21,33-34H,5-6,8H2,1H3,(H2,25,26)(H,27,35)(H,29,37)(H,39,40);;/q;;2*+1/p-2/b2*30-14+;;/t2*15-,21-;;/m11../s1. The summed E-state index contributed by atoms with van der Waals surface area (Å²) in [4.78, 5) is 150. The number of oxime groups is 2. The number of phenolic OH excluding ortho intramolecular Hbond substituents is 4. The number of β-lactam (4-membered cyclic amide) rings is 2. The van der Waals surface area contributed by atoms with Crippen molar-refractivity contribution in [2.75, 3.05) is 46.4 Å². The Morgan fingerprint density at radius 1 is 0.625 bits per heavy atom. The summed E-state index contributed by atoms with van der Waals surface area (Å²) in [5.41, 5.74) is 5.85. The van der Waals surface area contributed by atoms with Gasteiger partial charge in [0.2, 0.25) is 31.6 Å². The molecule has 6 aromatic rings. The van der Waals surface area contributed by atoms with Crippen LogP contribution in [-0.2, 0) is 72.2 Å². The number of phenols is 4. The number of aryl methyl sites for hydroxylation is 2. The molecule has 0 unspecified atom stereocenters. The number of fused-ring (bicyclic) bond motifs is 2. The van der Waals surface area contributed by atoms with Crippen molar-refractivity contribution in [3.63, 3.8) is 0 Å². The molecule has 38 nitrogen and oxygen atoms in total. The summed E-state index contributed by atoms with van der Waals surface area (Å²) in [6.45, 7) is 0. The monoisotopic (exact) mass is 1500 g/mol. The second kappa shape index (κ2) is 31.2. The van der Waals surface area contributed by atoms with E-state index in [1.807, 2.05) is 0 Å². The molecule has 12 N–H and O–H groups in total. The van der Waals surface area contributed by atoms with Crippen LogP contribution in [0.15, 0.2) is 119 Å². The number of carboxylic acids is 2. The van der Waals surface area contributed by atoms with Crippen LogP contribution in [0, 0.1) is 0 Å². The first-order valence-corrected chi connectivity index (χ1v) is 34.8. The number of H-pyrrole nitrogens is 2. The molecule has 4 atom stereocenters. The van der Waals surface area contributed by atoms with Crippen LogP contribution in [0.4, 0.5) is 10.3 Å². The van der Waals surface area contributed by atoms with Crippen molar-refractivity contribution in [2.24, 2.45) is 24.4 Å². The molecule has 96 heavy (non-hydrogen) atoms. The maximum atomic E-state index is 13.3. The van der Waals surface area contributed by atoms with Crippen LogP contribution >= 0.6 is 69.7 Å². The van der Waals surface area contributed by atoms with Crippen molar-refractivity contribution in [1.29, 1.82) is 0 Å². The second-order valence-electron chi connectivity index (χ2n) is 19.2. The number of benzene rings is 2. The van der Waals surface area contributed by atoms with Crippen LogP contribution in [0.5, 0.6) is 23.0 Å². The van der Waals surface area contributed by atoms with Crippen molar-refractivity contribution < 1.29 is 145 Å². The van der Waals surface area contributed by atoms with Crippen molar-refractivity contribution in [2.45, 2.75) is 42.9 Å². The number of nitrogens with two attached hydrogens (primary N) is 2. The number of hydrogen-bond acceptors (Lipinski definition) is 36. The fourth-order valence-electron chi connectivity index (χ4n) is 8.52. The van der Waals surface area contributed by atoms with Gasteiger partial charge in [-0.15, -0.1) is 46.2 Å². The predicted molar refractivity (Wildman–Crippen MR) is 328 cm³/mol. The van der Waals surface area contributed by atoms with Gasteiger partial charge in [-0.3, -0.25) is 67.7 Å². The Bertz CT molecular complexity index is 4490. The molecule has 4 aromatic heterocycles. The zero-order chi connectivity index (χ0) is 68.4. The summed E-state index contributed by atoms with van der Waals surface area (Å²) in [6.07, 6.45) is 0. The third-order valence-electron chi connectivity index (χ3n) is 13.0. The van der Waals surface area contributed by atoms with Gasteiger partial charge >= 0.3 is 81.4 Å². The molecular weight excluding hydrogens is 1460 g/mol. The Morgan fingerprint density at radius 3 is 1.31 bits per heavy atom. The number of rotatable bonds is 22. The van der Waals surface area contributed by atoms with E-state index in [0.717, 1.165) is 116 Å². The molecule has 2 aromatic carbocycles. The first-order valence-electron chi connectivity index (χ1n) is 25.7. The summed E-state index contributed by atoms with van der Waals surface area (Å²) in [5, 5.41) is 80.3. The molecule has 4 aliphatic heterocycles. The number of nitrogens with one attached hydrogen (secondary N) is 4. The summed E-state index contributed by atoms with van der Waals surface area (Å²) >= 11 is 6.04. The number of hydrogen-bond donors (Lipinski definition) is 10. The molecule has 8 heterocycles. The van der Waals surface area contributed by atoms with E-state index in [4.69, 9.17) is 21.1 Å². The Balaban J connectivity index is 0.000000265. The normalized spacial score (nSPS) is 17.6. The van der Waals surface area contributed by atoms with Crippen LogP contribution in [-0.4, -0.2) is 191 Å². The number of carbonyl (C=O) groups excluding carboxylic acids is 6. The number of anilines is 2. The van der Waals surface area contributed by atoms with Gasteiger partial charge < -0.3 is 72.0 Å². The molecule has 0 aliphatic carbocycles. The number of aliphatic carboxylic acids is 2. The first-order chi connectivity index (χ1) is 44.3. The number of aromatic nitrogens is 8. The predicted octanol–water partition coefficient (Wildman–Crippen LogP) is -11.5. The van der Waals surface area contributed by atoms with Gasteiger partial charge in [0.25, 0.3) is 23.6 Å². The molecule has 0 spiro atoms. The molecular formula is C48H42N16Na2O22S8. The van der Waals surface area contributed by atoms with E-state index < -0.39 is 168 Å². The number of carbonyl (C=O) groups is 6. The molecule has 2 fully saturated rings. The number of thioether (sulfide) groups is 4. The minimum Gasteiger partial charge on any atom is -0.543 e. The molecule has 0 saturated carbocycles. The van der Waals surface area contributed by atoms with E-state index >= 15 is 0 Å². The van der Waals surface area contributed by atoms with Crippen LogP contribution in [0.1, 0.15) is 11.4 Å². The Morgan fingerprint density at radius 2 is 0.990 bits per heavy atom. The van der Waals surface area contributed by atoms with E-state index in [2.05, 4.69) is 51.1 Å². The van der Waals surface area contributed by atoms with Gasteiger partial charge in [-0.1, -0.05) is 33.8 Å². The number of thiazole rings is 2. The summed E-state index contributed by atoms with van der Waals surface area (Å²) in [7, 11) is -5.59. The van der Waals surface area contributed by atoms with Gasteiger partial charge in [0.05, 0.1) is 33.1 Å². The van der Waals surface area contributed by atoms with E-state index in [-0.39, 0.29) is 125 Å². The Hall–Kier alpha value is -7.74. The van der Waals surface area contributed by atoms with Gasteiger partial charge in [0.1, 0.15) is 34.2 Å². The molecule has 48 heteroatoms. The third-order valence-corrected chi connectivity index (χ3v) is 22.0. The van der Waals surface area contributed by atoms with Crippen molar-refractivity contribution in [1.82, 2.24) is 59.9 Å². The molecule has 496 valence electrons. The fourth-order valence-corrected chi connectivity index (χ4v) is 16.2. The summed E-state index contributed by atoms with van der Waals surface area (Å²) in [5.74, 6) is -11.4. The Labute approximate surface area is 605 Å². The number of aromatic hydroxyl groups is 4. The van der Waals surface area contributed by atoms with Crippen LogP contribution in [0.2, 0.25) is 0 Å². The molecule has 2 saturated heterocycles. The maximum absolute atomic E-state index is 13.3. The number of sulfone groups is 2. The van der Waals surface area contributed by atoms with Crippen LogP contribution in [0.25, 0.3) is 0 Å². The molecule has 0 bridgehead atoms. The van der Waals surface area contributed by atoms with E-state index in [0.29, 0.717) is 0 Å². The number of nitrogens with zero attached hydrogens (tertiary/aromatic N) is 10. The Kier molecular flexibility index (Phi) is 24.6. The van der Waals surface area contributed by atoms with E-state index in [1.165, 1.54) is 34.2 Å². The minimum absolute atomic E-state index is 0. The average Bonchev–Trinajstić information content (AvgIpc) is 0.823. The number of nitrogen functional groups attached to an aromatic ring is 2. The number of aromatic amines is 2. The van der Waals surface area contributed by atoms with Crippen LogP contribution in [0.3, 0.4) is 0 Å². The second-order valence-corrected chi connectivity index (χ2v) is 29.0. The average molecular weight is 1500 g/mol. The quantitative estimate of drug-likeness (QED) is 0.00574. The van der Waals surface area contributed by atoms with Crippen molar-refractivity contribution >= 4 is 147 Å². The largest absolute Gasteiger partial charge is 1.00 e. The molecule has 0 radical (unpaired) electrons. The van der Waals surface area contributed by atoms with Crippen LogP contribution < -0.4 is 114 Å². The number of carboxylic acid groups (broad SMARTS) is 2.